The quantitative estimate of drug-likeness (QED) is 0.562. The molecule has 22 heavy (non-hydrogen) atoms. The number of nitrogens with one attached hydrogen (secondary N) is 2. The van der Waals surface area contributed by atoms with Gasteiger partial charge in [0.25, 0.3) is 0 Å². The molecule has 1 amide bonds. The molecule has 0 spiro atoms. The van der Waals surface area contributed by atoms with Gasteiger partial charge in [0.2, 0.25) is 5.91 Å². The molecule has 2 rings (SSSR count). The number of phenols is 1. The molecule has 116 valence electrons. The number of carbonyl (C=O) groups is 1. The molecule has 0 radical (unpaired) electrons. The third-order valence-corrected chi connectivity index (χ3v) is 3.76. The fourth-order valence-corrected chi connectivity index (χ4v) is 2.42. The predicted molar refractivity (Wildman–Crippen MR) is 87.9 cm³/mol. The highest BCUT2D eigenvalue weighted by Crippen LogP contribution is 2.19. The standard InChI is InChI=1S/C15H17BrN4O2/c1-9-13(10(2)19-18-9)4-6-15(22)20-17-8-11-7-12(16)3-5-14(11)21/h3,5,7-8,21H,4,6H2,1-2H3,(H,18,19)(H,20,22). The molecule has 1 aromatic carbocycles. The average molecular weight is 365 g/mol. The van der Waals surface area contributed by atoms with Crippen molar-refractivity contribution < 1.29 is 9.90 Å². The highest BCUT2D eigenvalue weighted by atomic mass is 79.9. The average Bonchev–Trinajstić information content (AvgIpc) is 2.79. The fraction of sp³-hybridized carbons (Fsp3) is 0.267. The largest absolute Gasteiger partial charge is 0.507 e. The lowest BCUT2D eigenvalue weighted by molar-refractivity contribution is -0.121. The second kappa shape index (κ2) is 7.22. The van der Waals surface area contributed by atoms with Gasteiger partial charge in [-0.25, -0.2) is 5.43 Å². The van der Waals surface area contributed by atoms with Gasteiger partial charge in [-0.2, -0.15) is 10.2 Å². The summed E-state index contributed by atoms with van der Waals surface area (Å²) in [6.45, 7) is 3.84. The highest BCUT2D eigenvalue weighted by molar-refractivity contribution is 9.10. The van der Waals surface area contributed by atoms with Crippen LogP contribution in [0.25, 0.3) is 0 Å². The Balaban J connectivity index is 1.88. The number of amides is 1. The van der Waals surface area contributed by atoms with Crippen LogP contribution >= 0.6 is 15.9 Å². The number of aromatic nitrogens is 2. The molecule has 0 unspecified atom stereocenters. The van der Waals surface area contributed by atoms with Crippen molar-refractivity contribution >= 4 is 28.1 Å². The Morgan fingerprint density at radius 2 is 2.27 bits per heavy atom. The molecule has 0 bridgehead atoms. The number of aromatic hydroxyl groups is 1. The van der Waals surface area contributed by atoms with Crippen molar-refractivity contribution in [3.05, 3.63) is 45.2 Å². The second-order valence-electron chi connectivity index (χ2n) is 4.91. The molecular formula is C15H17BrN4O2. The summed E-state index contributed by atoms with van der Waals surface area (Å²) in [4.78, 5) is 11.8. The molecule has 0 aliphatic carbocycles. The van der Waals surface area contributed by atoms with Crippen molar-refractivity contribution in [1.82, 2.24) is 15.6 Å². The third kappa shape index (κ3) is 4.17. The summed E-state index contributed by atoms with van der Waals surface area (Å²) in [6, 6.07) is 4.99. The molecule has 0 saturated heterocycles. The first-order valence-electron chi connectivity index (χ1n) is 6.78. The molecule has 0 aliphatic heterocycles. The SMILES string of the molecule is Cc1n[nH]c(C)c1CCC(=O)NN=Cc1cc(Br)ccc1O. The minimum absolute atomic E-state index is 0.103. The van der Waals surface area contributed by atoms with E-state index in [0.29, 0.717) is 18.4 Å². The Morgan fingerprint density at radius 3 is 2.95 bits per heavy atom. The molecule has 0 aliphatic rings. The number of benzene rings is 1. The number of H-pyrrole nitrogens is 1. The van der Waals surface area contributed by atoms with Gasteiger partial charge >= 0.3 is 0 Å². The highest BCUT2D eigenvalue weighted by Gasteiger charge is 2.08. The zero-order valence-electron chi connectivity index (χ0n) is 12.4. The number of carbonyl (C=O) groups excluding carboxylic acids is 1. The van der Waals surface area contributed by atoms with Crippen LogP contribution in [0, 0.1) is 13.8 Å². The topological polar surface area (TPSA) is 90.4 Å². The zero-order valence-corrected chi connectivity index (χ0v) is 13.9. The van der Waals surface area contributed by atoms with Gasteiger partial charge in [0, 0.05) is 22.2 Å². The normalized spacial score (nSPS) is 11.0. The molecule has 0 fully saturated rings. The molecule has 2 aromatic rings. The summed E-state index contributed by atoms with van der Waals surface area (Å²) in [6.07, 6.45) is 2.34. The van der Waals surface area contributed by atoms with E-state index in [2.05, 4.69) is 36.7 Å². The summed E-state index contributed by atoms with van der Waals surface area (Å²) in [7, 11) is 0. The van der Waals surface area contributed by atoms with Crippen molar-refractivity contribution in [3.63, 3.8) is 0 Å². The lowest BCUT2D eigenvalue weighted by Crippen LogP contribution is -2.18. The van der Waals surface area contributed by atoms with Crippen LogP contribution in [-0.4, -0.2) is 27.4 Å². The Kier molecular flexibility index (Phi) is 5.32. The molecule has 0 saturated carbocycles. The molecule has 7 heteroatoms. The van der Waals surface area contributed by atoms with Crippen molar-refractivity contribution in [2.24, 2.45) is 5.10 Å². The minimum atomic E-state index is -0.189. The van der Waals surface area contributed by atoms with E-state index in [4.69, 9.17) is 0 Å². The van der Waals surface area contributed by atoms with Crippen LogP contribution in [0.3, 0.4) is 0 Å². The van der Waals surface area contributed by atoms with E-state index in [0.717, 1.165) is 21.4 Å². The van der Waals surface area contributed by atoms with Crippen molar-refractivity contribution in [1.29, 1.82) is 0 Å². The van der Waals surface area contributed by atoms with E-state index >= 15 is 0 Å². The zero-order chi connectivity index (χ0) is 16.1. The number of nitrogens with zero attached hydrogens (tertiary/aromatic N) is 2. The first-order valence-corrected chi connectivity index (χ1v) is 7.57. The number of hydrazone groups is 1. The van der Waals surface area contributed by atoms with Crippen LogP contribution in [-0.2, 0) is 11.2 Å². The van der Waals surface area contributed by atoms with Gasteiger partial charge in [-0.1, -0.05) is 15.9 Å². The van der Waals surface area contributed by atoms with Crippen LogP contribution in [0.4, 0.5) is 0 Å². The van der Waals surface area contributed by atoms with Gasteiger partial charge in [-0.3, -0.25) is 9.89 Å². The van der Waals surface area contributed by atoms with Gasteiger partial charge < -0.3 is 5.11 Å². The summed E-state index contributed by atoms with van der Waals surface area (Å²) in [5.74, 6) is -0.0865. The monoisotopic (exact) mass is 364 g/mol. The Hall–Kier alpha value is -2.15. The van der Waals surface area contributed by atoms with Crippen LogP contribution in [0.1, 0.15) is 28.9 Å². The van der Waals surface area contributed by atoms with Gasteiger partial charge in [0.1, 0.15) is 5.75 Å². The van der Waals surface area contributed by atoms with Gasteiger partial charge in [0.05, 0.1) is 11.9 Å². The maximum Gasteiger partial charge on any atom is 0.240 e. The van der Waals surface area contributed by atoms with E-state index < -0.39 is 0 Å². The molecule has 1 aromatic heterocycles. The number of phenolic OH excluding ortho intramolecular Hbond substituents is 1. The Labute approximate surface area is 136 Å². The fourth-order valence-electron chi connectivity index (χ4n) is 2.04. The summed E-state index contributed by atoms with van der Waals surface area (Å²) < 4.78 is 0.823. The lowest BCUT2D eigenvalue weighted by atomic mass is 10.1. The van der Waals surface area contributed by atoms with Crippen LogP contribution in [0.15, 0.2) is 27.8 Å². The molecular weight excluding hydrogens is 348 g/mol. The summed E-state index contributed by atoms with van der Waals surface area (Å²) in [5.41, 5.74) is 5.93. The van der Waals surface area contributed by atoms with E-state index in [9.17, 15) is 9.90 Å². The third-order valence-electron chi connectivity index (χ3n) is 3.27. The van der Waals surface area contributed by atoms with Crippen molar-refractivity contribution in [2.45, 2.75) is 26.7 Å². The number of aromatic amines is 1. The van der Waals surface area contributed by atoms with Crippen molar-refractivity contribution in [2.75, 3.05) is 0 Å². The first kappa shape index (κ1) is 16.2. The smallest absolute Gasteiger partial charge is 0.240 e. The van der Waals surface area contributed by atoms with E-state index in [1.54, 1.807) is 18.2 Å². The molecule has 3 N–H and O–H groups in total. The van der Waals surface area contributed by atoms with Crippen LogP contribution in [0.5, 0.6) is 5.75 Å². The Morgan fingerprint density at radius 1 is 1.50 bits per heavy atom. The van der Waals surface area contributed by atoms with Gasteiger partial charge in [0.15, 0.2) is 0 Å². The number of halogens is 1. The minimum Gasteiger partial charge on any atom is -0.507 e. The first-order chi connectivity index (χ1) is 10.5. The van der Waals surface area contributed by atoms with E-state index in [-0.39, 0.29) is 11.7 Å². The van der Waals surface area contributed by atoms with Gasteiger partial charge in [-0.05, 0) is 44.0 Å². The number of aryl methyl sites for hydroxylation is 2. The molecule has 1 heterocycles. The van der Waals surface area contributed by atoms with Crippen molar-refractivity contribution in [3.8, 4) is 5.75 Å². The Bertz CT molecular complexity index is 690. The molecule has 6 nitrogen and oxygen atoms in total. The van der Waals surface area contributed by atoms with E-state index in [1.807, 2.05) is 13.8 Å². The van der Waals surface area contributed by atoms with Crippen LogP contribution in [0.2, 0.25) is 0 Å². The maximum atomic E-state index is 11.8. The summed E-state index contributed by atoms with van der Waals surface area (Å²) in [5, 5.41) is 20.5. The number of rotatable bonds is 5. The maximum absolute atomic E-state index is 11.8. The second-order valence-corrected chi connectivity index (χ2v) is 5.82. The predicted octanol–water partition coefficient (Wildman–Crippen LogP) is 2.58. The van der Waals surface area contributed by atoms with E-state index in [1.165, 1.54) is 6.21 Å². The number of hydrogen-bond acceptors (Lipinski definition) is 4. The summed E-state index contributed by atoms with van der Waals surface area (Å²) >= 11 is 3.31. The molecule has 0 atom stereocenters. The van der Waals surface area contributed by atoms with Crippen LogP contribution < -0.4 is 5.43 Å². The number of hydrogen-bond donors (Lipinski definition) is 3. The van der Waals surface area contributed by atoms with Gasteiger partial charge in [-0.15, -0.1) is 0 Å². The lowest BCUT2D eigenvalue weighted by Gasteiger charge is -2.02.